The Morgan fingerprint density at radius 2 is 1.84 bits per heavy atom. The number of rotatable bonds is 7. The second-order valence-corrected chi connectivity index (χ2v) is 7.44. The summed E-state index contributed by atoms with van der Waals surface area (Å²) in [5, 5.41) is 0.574. The SMILES string of the molecule is CCOC(=O)c1ccc(N=C2S/C(=C/c3cc(OC)ccc3OC)C(=O)N2CC)cc1. The van der Waals surface area contributed by atoms with Crippen LogP contribution in [0.4, 0.5) is 5.69 Å². The Hall–Kier alpha value is -3.26. The Balaban J connectivity index is 1.90. The molecule has 0 spiro atoms. The Bertz CT molecular complexity index is 1030. The summed E-state index contributed by atoms with van der Waals surface area (Å²) in [6, 6.07) is 12.2. The third-order valence-electron chi connectivity index (χ3n) is 4.53. The maximum atomic E-state index is 12.9. The number of methoxy groups -OCH3 is 2. The van der Waals surface area contributed by atoms with E-state index in [1.807, 2.05) is 13.0 Å². The van der Waals surface area contributed by atoms with Crippen molar-refractivity contribution in [2.24, 2.45) is 4.99 Å². The molecule has 1 heterocycles. The molecule has 31 heavy (non-hydrogen) atoms. The molecule has 0 unspecified atom stereocenters. The average molecular weight is 441 g/mol. The minimum Gasteiger partial charge on any atom is -0.497 e. The Kier molecular flexibility index (Phi) is 7.36. The van der Waals surface area contributed by atoms with Crippen LogP contribution in [0.25, 0.3) is 6.08 Å². The number of carbonyl (C=O) groups is 2. The van der Waals surface area contributed by atoms with Crippen molar-refractivity contribution in [3.63, 3.8) is 0 Å². The molecule has 2 aromatic rings. The van der Waals surface area contributed by atoms with Gasteiger partial charge in [0.1, 0.15) is 11.5 Å². The number of amides is 1. The van der Waals surface area contributed by atoms with Gasteiger partial charge >= 0.3 is 5.97 Å². The molecule has 0 radical (unpaired) electrons. The van der Waals surface area contributed by atoms with Crippen LogP contribution in [0.3, 0.4) is 0 Å². The summed E-state index contributed by atoms with van der Waals surface area (Å²) in [7, 11) is 3.17. The van der Waals surface area contributed by atoms with Gasteiger partial charge in [0.25, 0.3) is 5.91 Å². The third kappa shape index (κ3) is 5.08. The normalized spacial score (nSPS) is 16.1. The van der Waals surface area contributed by atoms with Gasteiger partial charge in [-0.1, -0.05) is 0 Å². The first-order chi connectivity index (χ1) is 15.0. The first-order valence-electron chi connectivity index (χ1n) is 9.80. The van der Waals surface area contributed by atoms with Crippen molar-refractivity contribution in [3.05, 3.63) is 58.5 Å². The number of aliphatic imine (C=N–C) groups is 1. The third-order valence-corrected chi connectivity index (χ3v) is 5.54. The molecule has 1 aliphatic heterocycles. The standard InChI is InChI=1S/C23H24N2O5S/c1-5-25-21(26)20(14-16-13-18(28-3)11-12-19(16)29-4)31-23(25)24-17-9-7-15(8-10-17)22(27)30-6-2/h7-14H,5-6H2,1-4H3/b20-14+,24-23?. The number of hydrogen-bond acceptors (Lipinski definition) is 7. The molecular weight excluding hydrogens is 416 g/mol. The van der Waals surface area contributed by atoms with E-state index in [9.17, 15) is 9.59 Å². The quantitative estimate of drug-likeness (QED) is 0.466. The van der Waals surface area contributed by atoms with E-state index in [0.29, 0.717) is 46.0 Å². The number of benzene rings is 2. The molecule has 162 valence electrons. The molecule has 3 rings (SSSR count). The average Bonchev–Trinajstić information content (AvgIpc) is 3.08. The largest absolute Gasteiger partial charge is 0.497 e. The van der Waals surface area contributed by atoms with Crippen LogP contribution in [0.5, 0.6) is 11.5 Å². The van der Waals surface area contributed by atoms with Crippen molar-refractivity contribution in [1.29, 1.82) is 0 Å². The van der Waals surface area contributed by atoms with Crippen LogP contribution < -0.4 is 9.47 Å². The van der Waals surface area contributed by atoms with E-state index in [1.54, 1.807) is 68.5 Å². The number of esters is 1. The van der Waals surface area contributed by atoms with Crippen LogP contribution in [0.15, 0.2) is 52.4 Å². The topological polar surface area (TPSA) is 77.4 Å². The number of likely N-dealkylation sites (N-methyl/N-ethyl adjacent to an activating group) is 1. The molecule has 1 fully saturated rings. The molecule has 0 saturated carbocycles. The van der Waals surface area contributed by atoms with E-state index in [-0.39, 0.29) is 11.9 Å². The lowest BCUT2D eigenvalue weighted by atomic mass is 10.1. The zero-order chi connectivity index (χ0) is 22.4. The molecule has 0 aromatic heterocycles. The number of thioether (sulfide) groups is 1. The molecule has 0 N–H and O–H groups in total. The van der Waals surface area contributed by atoms with Crippen LogP contribution >= 0.6 is 11.8 Å². The highest BCUT2D eigenvalue weighted by Crippen LogP contribution is 2.36. The molecule has 1 saturated heterocycles. The van der Waals surface area contributed by atoms with Gasteiger partial charge in [-0.2, -0.15) is 0 Å². The van der Waals surface area contributed by atoms with Gasteiger partial charge in [0.05, 0.1) is 37.0 Å². The highest BCUT2D eigenvalue weighted by Gasteiger charge is 2.32. The number of ether oxygens (including phenoxy) is 3. The Labute approximate surface area is 185 Å². The van der Waals surface area contributed by atoms with Crippen molar-refractivity contribution in [1.82, 2.24) is 4.90 Å². The number of carbonyl (C=O) groups excluding carboxylic acids is 2. The molecule has 0 aliphatic carbocycles. The van der Waals surface area contributed by atoms with Crippen molar-refractivity contribution in [2.45, 2.75) is 13.8 Å². The summed E-state index contributed by atoms with van der Waals surface area (Å²) in [4.78, 5) is 31.5. The van der Waals surface area contributed by atoms with Crippen molar-refractivity contribution >= 4 is 40.6 Å². The Morgan fingerprint density at radius 3 is 2.45 bits per heavy atom. The predicted molar refractivity (Wildman–Crippen MR) is 122 cm³/mol. The Morgan fingerprint density at radius 1 is 1.10 bits per heavy atom. The van der Waals surface area contributed by atoms with Gasteiger partial charge in [0.15, 0.2) is 5.17 Å². The van der Waals surface area contributed by atoms with Gasteiger partial charge in [-0.25, -0.2) is 9.79 Å². The van der Waals surface area contributed by atoms with Gasteiger partial charge in [-0.15, -0.1) is 0 Å². The fraction of sp³-hybridized carbons (Fsp3) is 0.261. The lowest BCUT2D eigenvalue weighted by Gasteiger charge is -2.12. The van der Waals surface area contributed by atoms with Crippen LogP contribution in [0.1, 0.15) is 29.8 Å². The zero-order valence-electron chi connectivity index (χ0n) is 17.9. The van der Waals surface area contributed by atoms with Gasteiger partial charge in [0.2, 0.25) is 0 Å². The zero-order valence-corrected chi connectivity index (χ0v) is 18.7. The van der Waals surface area contributed by atoms with Crippen LogP contribution in [-0.2, 0) is 9.53 Å². The maximum absolute atomic E-state index is 12.9. The summed E-state index contributed by atoms with van der Waals surface area (Å²) >= 11 is 1.29. The minimum atomic E-state index is -0.375. The molecule has 1 amide bonds. The highest BCUT2D eigenvalue weighted by atomic mass is 32.2. The van der Waals surface area contributed by atoms with E-state index < -0.39 is 0 Å². The highest BCUT2D eigenvalue weighted by molar-refractivity contribution is 8.18. The summed E-state index contributed by atoms with van der Waals surface area (Å²) in [5.41, 5.74) is 1.84. The van der Waals surface area contributed by atoms with Gasteiger partial charge in [-0.05, 0) is 74.1 Å². The van der Waals surface area contributed by atoms with E-state index in [2.05, 4.69) is 4.99 Å². The molecule has 7 nitrogen and oxygen atoms in total. The smallest absolute Gasteiger partial charge is 0.338 e. The van der Waals surface area contributed by atoms with E-state index in [4.69, 9.17) is 14.2 Å². The minimum absolute atomic E-state index is 0.126. The van der Waals surface area contributed by atoms with Crippen LogP contribution in [0.2, 0.25) is 0 Å². The molecule has 0 bridgehead atoms. The van der Waals surface area contributed by atoms with Crippen LogP contribution in [-0.4, -0.2) is 49.3 Å². The summed E-state index contributed by atoms with van der Waals surface area (Å²) in [6.07, 6.45) is 1.78. The fourth-order valence-corrected chi connectivity index (χ4v) is 4.01. The van der Waals surface area contributed by atoms with Crippen molar-refractivity contribution in [2.75, 3.05) is 27.4 Å². The monoisotopic (exact) mass is 440 g/mol. The molecule has 8 heteroatoms. The number of amidine groups is 1. The maximum Gasteiger partial charge on any atom is 0.338 e. The summed E-state index contributed by atoms with van der Waals surface area (Å²) in [6.45, 7) is 4.46. The van der Waals surface area contributed by atoms with E-state index in [1.165, 1.54) is 11.8 Å². The van der Waals surface area contributed by atoms with Gasteiger partial charge in [-0.3, -0.25) is 9.69 Å². The molecule has 0 atom stereocenters. The fourth-order valence-electron chi connectivity index (χ4n) is 2.96. The lowest BCUT2D eigenvalue weighted by molar-refractivity contribution is -0.122. The molecule has 1 aliphatic rings. The first kappa shape index (κ1) is 22.4. The van der Waals surface area contributed by atoms with E-state index in [0.717, 1.165) is 5.56 Å². The van der Waals surface area contributed by atoms with Crippen molar-refractivity contribution in [3.8, 4) is 11.5 Å². The summed E-state index contributed by atoms with van der Waals surface area (Å²) in [5.74, 6) is 0.815. The second-order valence-electron chi connectivity index (χ2n) is 6.43. The van der Waals surface area contributed by atoms with Crippen molar-refractivity contribution < 1.29 is 23.8 Å². The van der Waals surface area contributed by atoms with Crippen LogP contribution in [0, 0.1) is 0 Å². The predicted octanol–water partition coefficient (Wildman–Crippen LogP) is 4.50. The molecular formula is C23H24N2O5S. The summed E-state index contributed by atoms with van der Waals surface area (Å²) < 4.78 is 15.7. The molecule has 2 aromatic carbocycles. The number of hydrogen-bond donors (Lipinski definition) is 0. The lowest BCUT2D eigenvalue weighted by Crippen LogP contribution is -2.28. The number of nitrogens with zero attached hydrogens (tertiary/aromatic N) is 2. The first-order valence-corrected chi connectivity index (χ1v) is 10.6. The van der Waals surface area contributed by atoms with E-state index >= 15 is 0 Å². The van der Waals surface area contributed by atoms with Gasteiger partial charge < -0.3 is 14.2 Å². The van der Waals surface area contributed by atoms with Gasteiger partial charge in [0, 0.05) is 12.1 Å². The second kappa shape index (κ2) is 10.2.